The number of ether oxygens (including phenoxy) is 2. The zero-order valence-corrected chi connectivity index (χ0v) is 16.4. The summed E-state index contributed by atoms with van der Waals surface area (Å²) in [5, 5.41) is 2.98. The maximum atomic E-state index is 13.1. The number of hydrogen-bond donors (Lipinski definition) is 1. The van der Waals surface area contributed by atoms with Gasteiger partial charge in [-0.2, -0.15) is 0 Å². The van der Waals surface area contributed by atoms with E-state index in [1.54, 1.807) is 18.2 Å². The molecule has 1 spiro atoms. The largest absolute Gasteiger partial charge is 0.486 e. The van der Waals surface area contributed by atoms with Crippen molar-refractivity contribution in [2.45, 2.75) is 32.1 Å². The van der Waals surface area contributed by atoms with E-state index in [0.717, 1.165) is 32.1 Å². The Bertz CT molecular complexity index is 833. The molecule has 1 amide bonds. The fraction of sp³-hybridized carbons (Fsp3) is 0.632. The summed E-state index contributed by atoms with van der Waals surface area (Å²) in [6.45, 7) is 1.71. The first-order chi connectivity index (χ1) is 12.9. The van der Waals surface area contributed by atoms with Gasteiger partial charge in [-0.1, -0.05) is 19.3 Å². The summed E-state index contributed by atoms with van der Waals surface area (Å²) >= 11 is 0. The molecule has 27 heavy (non-hydrogen) atoms. The van der Waals surface area contributed by atoms with Gasteiger partial charge in [0.1, 0.15) is 13.2 Å². The van der Waals surface area contributed by atoms with E-state index < -0.39 is 10.0 Å². The van der Waals surface area contributed by atoms with Crippen molar-refractivity contribution in [2.75, 3.05) is 37.9 Å². The van der Waals surface area contributed by atoms with Crippen molar-refractivity contribution in [1.82, 2.24) is 4.31 Å². The van der Waals surface area contributed by atoms with Gasteiger partial charge in [-0.3, -0.25) is 4.79 Å². The molecule has 2 aliphatic heterocycles. The van der Waals surface area contributed by atoms with Crippen LogP contribution in [-0.4, -0.2) is 51.2 Å². The highest BCUT2D eigenvalue weighted by atomic mass is 32.2. The van der Waals surface area contributed by atoms with Crippen LogP contribution in [0, 0.1) is 11.3 Å². The fourth-order valence-corrected chi connectivity index (χ4v) is 5.56. The summed E-state index contributed by atoms with van der Waals surface area (Å²) in [5.41, 5.74) is 0.396. The lowest BCUT2D eigenvalue weighted by atomic mass is 9.67. The molecular weight excluding hydrogens is 368 g/mol. The van der Waals surface area contributed by atoms with E-state index in [1.165, 1.54) is 10.6 Å². The molecule has 0 unspecified atom stereocenters. The summed E-state index contributed by atoms with van der Waals surface area (Å²) in [6.07, 6.45) is 6.27. The van der Waals surface area contributed by atoms with Crippen molar-refractivity contribution in [3.8, 4) is 11.5 Å². The Balaban J connectivity index is 1.55. The van der Waals surface area contributed by atoms with Crippen LogP contribution >= 0.6 is 0 Å². The number of nitrogens with zero attached hydrogens (tertiary/aromatic N) is 1. The minimum Gasteiger partial charge on any atom is -0.486 e. The summed E-state index contributed by atoms with van der Waals surface area (Å²) in [6, 6.07) is 5.35. The van der Waals surface area contributed by atoms with Crippen molar-refractivity contribution in [3.63, 3.8) is 0 Å². The summed E-state index contributed by atoms with van der Waals surface area (Å²) < 4.78 is 36.8. The molecule has 1 saturated carbocycles. The lowest BCUT2D eigenvalue weighted by molar-refractivity contribution is -0.123. The third-order valence-corrected chi connectivity index (χ3v) is 7.28. The molecule has 1 atom stereocenters. The monoisotopic (exact) mass is 394 g/mol. The Labute approximate surface area is 160 Å². The molecule has 7 nitrogen and oxygen atoms in total. The minimum atomic E-state index is -3.31. The number of nitrogens with one attached hydrogen (secondary N) is 1. The van der Waals surface area contributed by atoms with E-state index in [0.29, 0.717) is 36.9 Å². The van der Waals surface area contributed by atoms with E-state index in [2.05, 4.69) is 5.32 Å². The number of benzene rings is 1. The lowest BCUT2D eigenvalue weighted by Gasteiger charge is -2.37. The number of sulfonamides is 1. The minimum absolute atomic E-state index is 0.111. The van der Waals surface area contributed by atoms with Gasteiger partial charge in [-0.15, -0.1) is 0 Å². The number of carbonyl (C=O) groups is 1. The molecule has 2 heterocycles. The quantitative estimate of drug-likeness (QED) is 0.850. The number of amides is 1. The average Bonchev–Trinajstić information content (AvgIpc) is 3.01. The number of carbonyl (C=O) groups excluding carboxylic acids is 1. The molecule has 8 heteroatoms. The van der Waals surface area contributed by atoms with Crippen LogP contribution in [0.5, 0.6) is 11.5 Å². The normalized spacial score (nSPS) is 24.7. The second kappa shape index (κ2) is 6.98. The Kier molecular flexibility index (Phi) is 4.80. The highest BCUT2D eigenvalue weighted by molar-refractivity contribution is 7.88. The van der Waals surface area contributed by atoms with E-state index >= 15 is 0 Å². The van der Waals surface area contributed by atoms with Gasteiger partial charge < -0.3 is 14.8 Å². The second-order valence-electron chi connectivity index (χ2n) is 7.88. The average molecular weight is 394 g/mol. The van der Waals surface area contributed by atoms with Crippen LogP contribution in [0.25, 0.3) is 0 Å². The summed E-state index contributed by atoms with van der Waals surface area (Å²) in [4.78, 5) is 13.1. The zero-order valence-electron chi connectivity index (χ0n) is 15.6. The molecular formula is C19H26N2O5S. The number of anilines is 1. The van der Waals surface area contributed by atoms with Gasteiger partial charge in [0, 0.05) is 24.8 Å². The van der Waals surface area contributed by atoms with Crippen molar-refractivity contribution in [3.05, 3.63) is 18.2 Å². The maximum Gasteiger partial charge on any atom is 0.229 e. The van der Waals surface area contributed by atoms with Gasteiger partial charge in [0.05, 0.1) is 12.2 Å². The molecule has 1 aliphatic carbocycles. The fourth-order valence-electron chi connectivity index (χ4n) is 4.65. The molecule has 1 aromatic rings. The Morgan fingerprint density at radius 1 is 1.15 bits per heavy atom. The molecule has 4 rings (SSSR count). The first-order valence-electron chi connectivity index (χ1n) is 9.53. The van der Waals surface area contributed by atoms with Crippen molar-refractivity contribution < 1.29 is 22.7 Å². The van der Waals surface area contributed by atoms with Crippen molar-refractivity contribution in [2.24, 2.45) is 11.3 Å². The first kappa shape index (κ1) is 18.6. The first-order valence-corrected chi connectivity index (χ1v) is 11.4. The molecule has 0 bridgehead atoms. The predicted molar refractivity (Wildman–Crippen MR) is 101 cm³/mol. The van der Waals surface area contributed by atoms with Crippen LogP contribution in [0.15, 0.2) is 18.2 Å². The highest BCUT2D eigenvalue weighted by Gasteiger charge is 2.52. The van der Waals surface area contributed by atoms with Crippen LogP contribution < -0.4 is 14.8 Å². The molecule has 0 radical (unpaired) electrons. The second-order valence-corrected chi connectivity index (χ2v) is 9.86. The number of hydrogen-bond acceptors (Lipinski definition) is 5. The standard InChI is InChI=1S/C19H26N2O5S/c1-27(23,24)21-12-15(19(13-21)7-3-2-4-8-19)18(22)20-14-5-6-16-17(11-14)26-10-9-25-16/h5-6,11,15H,2-4,7-10,12-13H2,1H3,(H,20,22)/t15-/m0/s1. The third-order valence-electron chi connectivity index (χ3n) is 6.06. The smallest absolute Gasteiger partial charge is 0.229 e. The lowest BCUT2D eigenvalue weighted by Crippen LogP contribution is -2.39. The number of rotatable bonds is 3. The Hall–Kier alpha value is -1.80. The van der Waals surface area contributed by atoms with Crippen LogP contribution in [-0.2, 0) is 14.8 Å². The third kappa shape index (κ3) is 3.65. The molecule has 1 aromatic carbocycles. The topological polar surface area (TPSA) is 84.9 Å². The van der Waals surface area contributed by atoms with Crippen molar-refractivity contribution >= 4 is 21.6 Å². The maximum absolute atomic E-state index is 13.1. The van der Waals surface area contributed by atoms with Crippen LogP contribution in [0.1, 0.15) is 32.1 Å². The van der Waals surface area contributed by atoms with Gasteiger partial charge in [0.25, 0.3) is 0 Å². The SMILES string of the molecule is CS(=O)(=O)N1C[C@@H](C(=O)Nc2ccc3c(c2)OCCO3)C2(CCCCC2)C1. The van der Waals surface area contributed by atoms with Crippen LogP contribution in [0.2, 0.25) is 0 Å². The highest BCUT2D eigenvalue weighted by Crippen LogP contribution is 2.48. The molecule has 3 aliphatic rings. The van der Waals surface area contributed by atoms with Gasteiger partial charge >= 0.3 is 0 Å². The molecule has 2 fully saturated rings. The molecule has 0 aromatic heterocycles. The predicted octanol–water partition coefficient (Wildman–Crippen LogP) is 2.24. The van der Waals surface area contributed by atoms with E-state index in [-0.39, 0.29) is 23.8 Å². The molecule has 1 N–H and O–H groups in total. The zero-order chi connectivity index (χ0) is 19.1. The van der Waals surface area contributed by atoms with Gasteiger partial charge in [0.2, 0.25) is 15.9 Å². The van der Waals surface area contributed by atoms with Gasteiger partial charge in [-0.05, 0) is 30.4 Å². The Morgan fingerprint density at radius 2 is 1.85 bits per heavy atom. The number of fused-ring (bicyclic) bond motifs is 1. The van der Waals surface area contributed by atoms with Crippen LogP contribution in [0.3, 0.4) is 0 Å². The van der Waals surface area contributed by atoms with Gasteiger partial charge in [0.15, 0.2) is 11.5 Å². The molecule has 1 saturated heterocycles. The van der Waals surface area contributed by atoms with E-state index in [4.69, 9.17) is 9.47 Å². The van der Waals surface area contributed by atoms with E-state index in [9.17, 15) is 13.2 Å². The Morgan fingerprint density at radius 3 is 2.56 bits per heavy atom. The summed E-state index contributed by atoms with van der Waals surface area (Å²) in [5.74, 6) is 0.850. The van der Waals surface area contributed by atoms with Crippen molar-refractivity contribution in [1.29, 1.82) is 0 Å². The van der Waals surface area contributed by atoms with Gasteiger partial charge in [-0.25, -0.2) is 12.7 Å². The summed E-state index contributed by atoms with van der Waals surface area (Å²) in [7, 11) is -3.31. The van der Waals surface area contributed by atoms with Crippen LogP contribution in [0.4, 0.5) is 5.69 Å². The molecule has 148 valence electrons. The van der Waals surface area contributed by atoms with E-state index in [1.807, 2.05) is 0 Å².